The van der Waals surface area contributed by atoms with E-state index < -0.39 is 0 Å². The molecule has 0 atom stereocenters. The number of carbonyl (C=O) groups excluding carboxylic acids is 1. The van der Waals surface area contributed by atoms with Gasteiger partial charge in [0.05, 0.1) is 23.4 Å². The number of thioether (sulfide) groups is 1. The number of para-hydroxylation sites is 2. The number of aliphatic hydroxyl groups is 1. The third-order valence-electron chi connectivity index (χ3n) is 2.70. The Labute approximate surface area is 116 Å². The molecule has 19 heavy (non-hydrogen) atoms. The van der Waals surface area contributed by atoms with Gasteiger partial charge in [-0.2, -0.15) is 0 Å². The molecule has 102 valence electrons. The minimum absolute atomic E-state index is 0.0378. The monoisotopic (exact) mass is 279 g/mol. The molecule has 0 aliphatic carbocycles. The van der Waals surface area contributed by atoms with E-state index in [-0.39, 0.29) is 12.5 Å². The number of nitrogens with zero attached hydrogens (tertiary/aromatic N) is 2. The molecular formula is C13H17N3O2S. The Morgan fingerprint density at radius 1 is 1.47 bits per heavy atom. The van der Waals surface area contributed by atoms with Gasteiger partial charge in [-0.05, 0) is 19.1 Å². The van der Waals surface area contributed by atoms with Crippen LogP contribution in [-0.2, 0) is 11.3 Å². The number of hydrogen-bond acceptors (Lipinski definition) is 4. The summed E-state index contributed by atoms with van der Waals surface area (Å²) in [5.41, 5.74) is 2.03. The third-order valence-corrected chi connectivity index (χ3v) is 3.68. The normalized spacial score (nSPS) is 10.8. The molecule has 0 spiro atoms. The molecule has 0 radical (unpaired) electrons. The summed E-state index contributed by atoms with van der Waals surface area (Å²) in [5, 5.41) is 12.1. The number of fused-ring (bicyclic) bond motifs is 1. The maximum atomic E-state index is 11.5. The van der Waals surface area contributed by atoms with Gasteiger partial charge in [-0.25, -0.2) is 4.98 Å². The highest BCUT2D eigenvalue weighted by Crippen LogP contribution is 2.23. The molecular weight excluding hydrogens is 262 g/mol. The van der Waals surface area contributed by atoms with Gasteiger partial charge in [-0.15, -0.1) is 0 Å². The van der Waals surface area contributed by atoms with Gasteiger partial charge in [0.2, 0.25) is 5.91 Å². The Bertz CT molecular complexity index is 568. The number of aromatic nitrogens is 2. The lowest BCUT2D eigenvalue weighted by Gasteiger charge is -2.05. The molecule has 1 aromatic heterocycles. The summed E-state index contributed by atoms with van der Waals surface area (Å²) < 4.78 is 2.10. The van der Waals surface area contributed by atoms with Crippen molar-refractivity contribution in [3.8, 4) is 0 Å². The number of aliphatic hydroxyl groups excluding tert-OH is 1. The van der Waals surface area contributed by atoms with Gasteiger partial charge in [0.1, 0.15) is 0 Å². The summed E-state index contributed by atoms with van der Waals surface area (Å²) in [7, 11) is 0. The second-order valence-electron chi connectivity index (χ2n) is 3.99. The van der Waals surface area contributed by atoms with E-state index in [9.17, 15) is 4.79 Å². The lowest BCUT2D eigenvalue weighted by molar-refractivity contribution is -0.118. The van der Waals surface area contributed by atoms with Crippen LogP contribution >= 0.6 is 11.8 Å². The number of aryl methyl sites for hydroxylation is 1. The van der Waals surface area contributed by atoms with Crippen molar-refractivity contribution in [2.75, 3.05) is 18.9 Å². The maximum absolute atomic E-state index is 11.5. The molecule has 2 N–H and O–H groups in total. The van der Waals surface area contributed by atoms with Gasteiger partial charge in [0.25, 0.3) is 0 Å². The van der Waals surface area contributed by atoms with Gasteiger partial charge in [-0.3, -0.25) is 4.79 Å². The highest BCUT2D eigenvalue weighted by atomic mass is 32.2. The lowest BCUT2D eigenvalue weighted by atomic mass is 10.3. The smallest absolute Gasteiger partial charge is 0.230 e. The van der Waals surface area contributed by atoms with E-state index in [0.29, 0.717) is 12.3 Å². The van der Waals surface area contributed by atoms with Crippen molar-refractivity contribution in [3.05, 3.63) is 24.3 Å². The third kappa shape index (κ3) is 3.27. The Hall–Kier alpha value is -1.53. The van der Waals surface area contributed by atoms with Crippen molar-refractivity contribution in [3.63, 3.8) is 0 Å². The summed E-state index contributed by atoms with van der Waals surface area (Å²) in [6.07, 6.45) is 0. The van der Waals surface area contributed by atoms with E-state index in [4.69, 9.17) is 5.11 Å². The van der Waals surface area contributed by atoms with E-state index in [1.807, 2.05) is 24.3 Å². The summed E-state index contributed by atoms with van der Waals surface area (Å²) in [4.78, 5) is 16.0. The first-order valence-electron chi connectivity index (χ1n) is 6.22. The number of hydrogen-bond donors (Lipinski definition) is 2. The number of nitrogens with one attached hydrogen (secondary N) is 1. The van der Waals surface area contributed by atoms with Crippen LogP contribution in [0.1, 0.15) is 6.92 Å². The highest BCUT2D eigenvalue weighted by molar-refractivity contribution is 7.99. The maximum Gasteiger partial charge on any atom is 0.230 e. The summed E-state index contributed by atoms with van der Waals surface area (Å²) in [6.45, 7) is 3.14. The van der Waals surface area contributed by atoms with E-state index in [1.165, 1.54) is 11.8 Å². The van der Waals surface area contributed by atoms with Crippen LogP contribution < -0.4 is 5.32 Å². The number of carbonyl (C=O) groups is 1. The molecule has 0 fully saturated rings. The molecule has 1 aromatic carbocycles. The van der Waals surface area contributed by atoms with E-state index >= 15 is 0 Å². The molecule has 2 rings (SSSR count). The zero-order valence-corrected chi connectivity index (χ0v) is 11.6. The summed E-state index contributed by atoms with van der Waals surface area (Å²) >= 11 is 1.41. The van der Waals surface area contributed by atoms with Crippen LogP contribution in [0.25, 0.3) is 11.0 Å². The largest absolute Gasteiger partial charge is 0.395 e. The van der Waals surface area contributed by atoms with Crippen LogP contribution in [0.4, 0.5) is 0 Å². The molecule has 0 saturated heterocycles. The van der Waals surface area contributed by atoms with E-state index in [1.54, 1.807) is 0 Å². The van der Waals surface area contributed by atoms with Crippen molar-refractivity contribution in [2.24, 2.45) is 0 Å². The van der Waals surface area contributed by atoms with Crippen molar-refractivity contribution in [1.82, 2.24) is 14.9 Å². The molecule has 0 saturated carbocycles. The predicted molar refractivity (Wildman–Crippen MR) is 76.2 cm³/mol. The number of imidazole rings is 1. The zero-order valence-electron chi connectivity index (χ0n) is 10.8. The Kier molecular flexibility index (Phi) is 4.81. The Morgan fingerprint density at radius 2 is 2.26 bits per heavy atom. The standard InChI is InChI=1S/C13H17N3O2S/c1-2-16-11-6-4-3-5-10(11)15-13(16)19-9-12(18)14-7-8-17/h3-6,17H,2,7-9H2,1H3,(H,14,18). The SMILES string of the molecule is CCn1c(SCC(=O)NCCO)nc2ccccc21. The zero-order chi connectivity index (χ0) is 13.7. The minimum Gasteiger partial charge on any atom is -0.395 e. The highest BCUT2D eigenvalue weighted by Gasteiger charge is 2.11. The predicted octanol–water partition coefficient (Wildman–Crippen LogP) is 1.26. The molecule has 1 amide bonds. The topological polar surface area (TPSA) is 67.2 Å². The molecule has 1 heterocycles. The van der Waals surface area contributed by atoms with Gasteiger partial charge in [0.15, 0.2) is 5.16 Å². The van der Waals surface area contributed by atoms with E-state index in [0.717, 1.165) is 22.7 Å². The molecule has 0 aliphatic heterocycles. The first-order valence-corrected chi connectivity index (χ1v) is 7.20. The average molecular weight is 279 g/mol. The molecule has 0 bridgehead atoms. The van der Waals surface area contributed by atoms with Crippen molar-refractivity contribution >= 4 is 28.7 Å². The number of benzene rings is 1. The average Bonchev–Trinajstić information content (AvgIpc) is 2.80. The van der Waals surface area contributed by atoms with Crippen molar-refractivity contribution in [1.29, 1.82) is 0 Å². The summed E-state index contributed by atoms with van der Waals surface area (Å²) in [5.74, 6) is 0.220. The lowest BCUT2D eigenvalue weighted by Crippen LogP contribution is -2.28. The quantitative estimate of drug-likeness (QED) is 0.781. The van der Waals surface area contributed by atoms with Gasteiger partial charge in [0, 0.05) is 13.1 Å². The second-order valence-corrected chi connectivity index (χ2v) is 4.93. The number of rotatable bonds is 6. The first kappa shape index (κ1) is 13.9. The molecule has 6 heteroatoms. The fraction of sp³-hybridized carbons (Fsp3) is 0.385. The second kappa shape index (κ2) is 6.58. The molecule has 0 unspecified atom stereocenters. The van der Waals surface area contributed by atoms with Crippen molar-refractivity contribution < 1.29 is 9.90 Å². The first-order chi connectivity index (χ1) is 9.26. The van der Waals surface area contributed by atoms with Gasteiger partial charge < -0.3 is 15.0 Å². The summed E-state index contributed by atoms with van der Waals surface area (Å²) in [6, 6.07) is 7.94. The van der Waals surface area contributed by atoms with Gasteiger partial charge in [-0.1, -0.05) is 23.9 Å². The fourth-order valence-corrected chi connectivity index (χ4v) is 2.75. The molecule has 5 nitrogen and oxygen atoms in total. The van der Waals surface area contributed by atoms with Gasteiger partial charge >= 0.3 is 0 Å². The van der Waals surface area contributed by atoms with Crippen LogP contribution in [0, 0.1) is 0 Å². The minimum atomic E-state index is -0.0891. The van der Waals surface area contributed by atoms with Crippen LogP contribution in [0.5, 0.6) is 0 Å². The van der Waals surface area contributed by atoms with E-state index in [2.05, 4.69) is 21.8 Å². The fourth-order valence-electron chi connectivity index (χ4n) is 1.85. The van der Waals surface area contributed by atoms with Crippen LogP contribution in [0.3, 0.4) is 0 Å². The molecule has 2 aromatic rings. The Balaban J connectivity index is 2.10. The van der Waals surface area contributed by atoms with Crippen LogP contribution in [0.2, 0.25) is 0 Å². The number of amides is 1. The Morgan fingerprint density at radius 3 is 3.00 bits per heavy atom. The van der Waals surface area contributed by atoms with Crippen LogP contribution in [-0.4, -0.2) is 39.5 Å². The molecule has 0 aliphatic rings. The van der Waals surface area contributed by atoms with Crippen molar-refractivity contribution in [2.45, 2.75) is 18.6 Å². The van der Waals surface area contributed by atoms with Crippen LogP contribution in [0.15, 0.2) is 29.4 Å².